The molecule has 0 aromatic carbocycles. The fourth-order valence-corrected chi connectivity index (χ4v) is 2.99. The minimum atomic E-state index is -4.98. The first-order valence-electron chi connectivity index (χ1n) is 4.64. The van der Waals surface area contributed by atoms with E-state index in [1.165, 1.54) is 6.92 Å². The Hall–Kier alpha value is -0.770. The van der Waals surface area contributed by atoms with Crippen molar-refractivity contribution in [2.75, 3.05) is 0 Å². The maximum absolute atomic E-state index is 13.5. The minimum Gasteiger partial charge on any atom is -0.406 e. The molecule has 15 heavy (non-hydrogen) atoms. The van der Waals surface area contributed by atoms with Crippen LogP contribution in [0.4, 0.5) is 8.39 Å². The van der Waals surface area contributed by atoms with Gasteiger partial charge in [0.15, 0.2) is 0 Å². The van der Waals surface area contributed by atoms with E-state index in [1.54, 1.807) is 6.92 Å². The lowest BCUT2D eigenvalue weighted by Gasteiger charge is -2.30. The van der Waals surface area contributed by atoms with Gasteiger partial charge in [0.2, 0.25) is 0 Å². The van der Waals surface area contributed by atoms with Gasteiger partial charge in [-0.05, 0) is 6.42 Å². The largest absolute Gasteiger partial charge is 0.606 e. The summed E-state index contributed by atoms with van der Waals surface area (Å²) in [4.78, 5) is 21.6. The molecule has 0 saturated carbocycles. The van der Waals surface area contributed by atoms with Crippen LogP contribution >= 0.6 is 8.11 Å². The van der Waals surface area contributed by atoms with Crippen LogP contribution in [0.3, 0.4) is 0 Å². The number of hydrogen-bond acceptors (Lipinski definition) is 4. The summed E-state index contributed by atoms with van der Waals surface area (Å²) in [5.74, 6) is -2.91. The molecule has 1 heterocycles. The number of carbonyl (C=O) groups excluding carboxylic acids is 2. The average Bonchev–Trinajstić information content (AvgIpc) is 2.14. The number of rotatable bonds is 3. The van der Waals surface area contributed by atoms with Crippen LogP contribution in [0.2, 0.25) is 0 Å². The first-order chi connectivity index (χ1) is 6.88. The van der Waals surface area contributed by atoms with E-state index in [9.17, 15) is 18.0 Å². The maximum atomic E-state index is 13.5. The van der Waals surface area contributed by atoms with Gasteiger partial charge in [-0.15, -0.1) is 0 Å². The first-order valence-corrected chi connectivity index (χ1v) is 6.12. The molecule has 1 aliphatic heterocycles. The van der Waals surface area contributed by atoms with Gasteiger partial charge >= 0.3 is 25.4 Å². The number of cyclic esters (lactones) is 1. The maximum Gasteiger partial charge on any atom is 0.606 e. The Bertz CT molecular complexity index is 294. The lowest BCUT2D eigenvalue weighted by atomic mass is 10.1. The molecule has 1 atom stereocenters. The van der Waals surface area contributed by atoms with Crippen LogP contribution < -0.4 is 0 Å². The van der Waals surface area contributed by atoms with Crippen molar-refractivity contribution in [1.29, 1.82) is 0 Å². The Morgan fingerprint density at radius 2 is 1.87 bits per heavy atom. The van der Waals surface area contributed by atoms with Gasteiger partial charge in [-0.1, -0.05) is 13.8 Å². The number of carbonyl (C=O) groups is 2. The van der Waals surface area contributed by atoms with Crippen molar-refractivity contribution in [2.45, 2.75) is 38.5 Å². The third kappa shape index (κ3) is 1.95. The lowest BCUT2D eigenvalue weighted by molar-refractivity contribution is -0.176. The second-order valence-electron chi connectivity index (χ2n) is 3.28. The van der Waals surface area contributed by atoms with Gasteiger partial charge in [-0.25, -0.2) is 14.1 Å². The van der Waals surface area contributed by atoms with E-state index in [-0.39, 0.29) is 12.8 Å². The number of ether oxygens (including phenoxy) is 1. The Kier molecular flexibility index (Phi) is 3.28. The number of hydrogen-bond donors (Lipinski definition) is 0. The standard InChI is InChI=1S/C8H12F2O4P/c1-3-5-8(4-2)13-6(11)7(12)14-15(8,9)10/h3-5H2,1-2H3/q+1. The van der Waals surface area contributed by atoms with E-state index < -0.39 is 25.4 Å². The smallest absolute Gasteiger partial charge is 0.406 e. The van der Waals surface area contributed by atoms with Crippen LogP contribution in [0.5, 0.6) is 0 Å². The summed E-state index contributed by atoms with van der Waals surface area (Å²) in [6, 6.07) is 0. The number of esters is 1. The second kappa shape index (κ2) is 4.00. The second-order valence-corrected chi connectivity index (χ2v) is 5.20. The van der Waals surface area contributed by atoms with Crippen molar-refractivity contribution in [3.63, 3.8) is 0 Å². The van der Waals surface area contributed by atoms with E-state index >= 15 is 0 Å². The monoisotopic (exact) mass is 241 g/mol. The molecule has 0 spiro atoms. The summed E-state index contributed by atoms with van der Waals surface area (Å²) in [6.07, 6.45) is 0.373. The fourth-order valence-electron chi connectivity index (χ4n) is 1.50. The van der Waals surface area contributed by atoms with Crippen LogP contribution in [0.1, 0.15) is 33.1 Å². The third-order valence-electron chi connectivity index (χ3n) is 2.31. The minimum absolute atomic E-state index is 0.00327. The summed E-state index contributed by atoms with van der Waals surface area (Å²) in [6.45, 7) is 3.18. The molecule has 1 unspecified atom stereocenters. The molecule has 1 rings (SSSR count). The predicted octanol–water partition coefficient (Wildman–Crippen LogP) is 2.69. The van der Waals surface area contributed by atoms with Gasteiger partial charge in [0, 0.05) is 21.2 Å². The van der Waals surface area contributed by atoms with Crippen molar-refractivity contribution >= 4 is 20.0 Å². The molecule has 4 nitrogen and oxygen atoms in total. The summed E-state index contributed by atoms with van der Waals surface area (Å²) in [5.41, 5.74) is 0. The van der Waals surface area contributed by atoms with E-state index in [0.29, 0.717) is 6.42 Å². The SMILES string of the molecule is CCCC1(CC)OC(=O)C(=O)O[P+]1(F)F. The zero-order valence-corrected chi connectivity index (χ0v) is 9.35. The van der Waals surface area contributed by atoms with E-state index in [2.05, 4.69) is 9.26 Å². The summed E-state index contributed by atoms with van der Waals surface area (Å²) < 4.78 is 35.5. The number of halogens is 2. The van der Waals surface area contributed by atoms with E-state index in [0.717, 1.165) is 0 Å². The highest BCUT2D eigenvalue weighted by molar-refractivity contribution is 7.63. The summed E-state index contributed by atoms with van der Waals surface area (Å²) in [5, 5.41) is -1.90. The highest BCUT2D eigenvalue weighted by Gasteiger charge is 2.74. The molecule has 1 fully saturated rings. The van der Waals surface area contributed by atoms with Gasteiger partial charge in [0.25, 0.3) is 0 Å². The zero-order chi connectivity index (χ0) is 11.7. The average molecular weight is 241 g/mol. The van der Waals surface area contributed by atoms with Crippen molar-refractivity contribution in [3.05, 3.63) is 0 Å². The molecule has 0 radical (unpaired) electrons. The molecule has 7 heteroatoms. The summed E-state index contributed by atoms with van der Waals surface area (Å²) in [7, 11) is -4.98. The molecule has 0 aromatic heterocycles. The van der Waals surface area contributed by atoms with Crippen molar-refractivity contribution in [2.24, 2.45) is 0 Å². The quantitative estimate of drug-likeness (QED) is 0.433. The molecule has 1 aliphatic rings. The van der Waals surface area contributed by atoms with Gasteiger partial charge < -0.3 is 4.74 Å². The van der Waals surface area contributed by atoms with Crippen LogP contribution in [0, 0.1) is 0 Å². The zero-order valence-electron chi connectivity index (χ0n) is 8.46. The molecule has 0 amide bonds. The Morgan fingerprint density at radius 3 is 2.33 bits per heavy atom. The molecule has 0 bridgehead atoms. The first kappa shape index (κ1) is 12.3. The molecule has 86 valence electrons. The summed E-state index contributed by atoms with van der Waals surface area (Å²) >= 11 is 0. The highest BCUT2D eigenvalue weighted by Crippen LogP contribution is 2.77. The normalized spacial score (nSPS) is 29.6. The van der Waals surface area contributed by atoms with Crippen LogP contribution in [0.15, 0.2) is 0 Å². The Morgan fingerprint density at radius 1 is 1.27 bits per heavy atom. The van der Waals surface area contributed by atoms with Gasteiger partial charge in [0.1, 0.15) is 0 Å². The highest BCUT2D eigenvalue weighted by atomic mass is 31.3. The van der Waals surface area contributed by atoms with E-state index in [1.807, 2.05) is 0 Å². The van der Waals surface area contributed by atoms with E-state index in [4.69, 9.17) is 0 Å². The van der Waals surface area contributed by atoms with Gasteiger partial charge in [0.05, 0.1) is 0 Å². The topological polar surface area (TPSA) is 52.6 Å². The van der Waals surface area contributed by atoms with Crippen molar-refractivity contribution in [1.82, 2.24) is 0 Å². The van der Waals surface area contributed by atoms with Crippen molar-refractivity contribution < 1.29 is 27.2 Å². The Labute approximate surface area is 86.6 Å². The fraction of sp³-hybridized carbons (Fsp3) is 0.750. The predicted molar refractivity (Wildman–Crippen MR) is 49.3 cm³/mol. The van der Waals surface area contributed by atoms with Crippen molar-refractivity contribution in [3.8, 4) is 0 Å². The molecular weight excluding hydrogens is 229 g/mol. The third-order valence-corrected chi connectivity index (χ3v) is 4.29. The molecule has 0 N–H and O–H groups in total. The van der Waals surface area contributed by atoms with Crippen LogP contribution in [-0.4, -0.2) is 17.3 Å². The molecule has 1 saturated heterocycles. The van der Waals surface area contributed by atoms with Gasteiger partial charge in [-0.3, -0.25) is 0 Å². The lowest BCUT2D eigenvalue weighted by Crippen LogP contribution is -2.43. The molecule has 0 aromatic rings. The molecule has 0 aliphatic carbocycles. The van der Waals surface area contributed by atoms with Crippen LogP contribution in [0.25, 0.3) is 0 Å². The van der Waals surface area contributed by atoms with Gasteiger partial charge in [-0.2, -0.15) is 0 Å². The van der Waals surface area contributed by atoms with Crippen LogP contribution in [-0.2, 0) is 18.8 Å². The Balaban J connectivity index is 3.02. The molecular formula is C8H12F2O4P+.